The Labute approximate surface area is 287 Å². The number of aliphatic imine (C=N–C) groups is 2. The second-order valence-corrected chi connectivity index (χ2v) is 11.6. The molecule has 0 aromatic carbocycles. The smallest absolute Gasteiger partial charge is 0.434 e. The molecule has 0 bridgehead atoms. The number of pyridine rings is 1. The fraction of sp³-hybridized carbons (Fsp3) is 0.343. The third-order valence-electron chi connectivity index (χ3n) is 7.98. The molecule has 3 heterocycles. The van der Waals surface area contributed by atoms with Crippen LogP contribution >= 0.6 is 0 Å². The minimum absolute atomic E-state index is 0.0942. The number of fused-ring (bicyclic) bond motifs is 1. The Morgan fingerprint density at radius 2 is 1.98 bits per heavy atom. The van der Waals surface area contributed by atoms with Gasteiger partial charge in [0.05, 0.1) is 48.7 Å². The van der Waals surface area contributed by atoms with Crippen LogP contribution in [0.1, 0.15) is 49.8 Å². The minimum atomic E-state index is -4.56. The highest BCUT2D eigenvalue weighted by Crippen LogP contribution is 2.38. The Bertz CT molecular complexity index is 2110. The van der Waals surface area contributed by atoms with Gasteiger partial charge in [-0.2, -0.15) is 13.2 Å². The molecule has 2 N–H and O–H groups in total. The van der Waals surface area contributed by atoms with Gasteiger partial charge in [-0.1, -0.05) is 19.2 Å². The lowest BCUT2D eigenvalue weighted by Crippen LogP contribution is -2.33. The molecular weight excluding hydrogens is 649 g/mol. The number of amidine groups is 1. The van der Waals surface area contributed by atoms with E-state index in [2.05, 4.69) is 38.8 Å². The molecule has 0 radical (unpaired) electrons. The maximum absolute atomic E-state index is 14.2. The Balaban J connectivity index is 1.95. The van der Waals surface area contributed by atoms with Crippen molar-refractivity contribution in [2.75, 3.05) is 28.3 Å². The summed E-state index contributed by atoms with van der Waals surface area (Å²) in [5.41, 5.74) is 10.2. The Kier molecular flexibility index (Phi) is 11.2. The molecule has 12 nitrogen and oxygen atoms in total. The molecule has 1 aliphatic rings. The van der Waals surface area contributed by atoms with Crippen molar-refractivity contribution < 1.29 is 17.9 Å². The van der Waals surface area contributed by atoms with Gasteiger partial charge in [0, 0.05) is 43.0 Å². The summed E-state index contributed by atoms with van der Waals surface area (Å²) in [5, 5.41) is 1.74. The molecule has 0 aliphatic heterocycles. The average molecular weight is 690 g/mol. The molecule has 0 saturated heterocycles. The van der Waals surface area contributed by atoms with E-state index in [1.165, 1.54) is 52.7 Å². The normalized spacial score (nSPS) is 14.6. The van der Waals surface area contributed by atoms with Crippen LogP contribution in [0.5, 0.6) is 0 Å². The van der Waals surface area contributed by atoms with Crippen LogP contribution < -0.4 is 11.3 Å². The molecule has 0 spiro atoms. The molecule has 15 heteroatoms. The van der Waals surface area contributed by atoms with Crippen molar-refractivity contribution in [2.45, 2.75) is 45.5 Å². The summed E-state index contributed by atoms with van der Waals surface area (Å²) < 4.78 is 50.5. The monoisotopic (exact) mass is 689 g/mol. The van der Waals surface area contributed by atoms with Gasteiger partial charge in [0.1, 0.15) is 5.65 Å². The second kappa shape index (κ2) is 15.1. The summed E-state index contributed by atoms with van der Waals surface area (Å²) in [6.45, 7) is 16.6. The first kappa shape index (κ1) is 37.0. The summed E-state index contributed by atoms with van der Waals surface area (Å²) in [7, 11) is 6.08. The molecule has 4 rings (SSSR count). The van der Waals surface area contributed by atoms with Crippen LogP contribution in [0.4, 0.5) is 13.2 Å². The maximum Gasteiger partial charge on any atom is 0.434 e. The van der Waals surface area contributed by atoms with Crippen LogP contribution in [0.25, 0.3) is 27.3 Å². The molecule has 1 saturated carbocycles. The Hall–Kier alpha value is -5.87. The average Bonchev–Trinajstić information content (AvgIpc) is 3.92. The summed E-state index contributed by atoms with van der Waals surface area (Å²) in [6.07, 6.45) is 5.52. The van der Waals surface area contributed by atoms with E-state index in [4.69, 9.17) is 22.0 Å². The molecular formula is C35H40F3N10O2+. The maximum atomic E-state index is 14.2. The lowest BCUT2D eigenvalue weighted by Gasteiger charge is -2.30. The number of alkyl halides is 3. The van der Waals surface area contributed by atoms with Crippen molar-refractivity contribution in [1.29, 1.82) is 0 Å². The zero-order valence-electron chi connectivity index (χ0n) is 28.9. The lowest BCUT2D eigenvalue weighted by molar-refractivity contribution is -0.147. The van der Waals surface area contributed by atoms with Gasteiger partial charge in [-0.05, 0) is 61.9 Å². The first-order valence-corrected chi connectivity index (χ1v) is 15.6. The van der Waals surface area contributed by atoms with Gasteiger partial charge in [0.15, 0.2) is 11.5 Å². The fourth-order valence-electron chi connectivity index (χ4n) is 5.28. The second-order valence-electron chi connectivity index (χ2n) is 11.6. The third-order valence-corrected chi connectivity index (χ3v) is 7.98. The van der Waals surface area contributed by atoms with Gasteiger partial charge in [0.25, 0.3) is 5.56 Å². The number of hydrogen-bond acceptors (Lipinski definition) is 7. The number of halogens is 3. The molecule has 0 amide bonds. The van der Waals surface area contributed by atoms with Gasteiger partial charge < -0.3 is 10.5 Å². The highest BCUT2D eigenvalue weighted by atomic mass is 19.4. The van der Waals surface area contributed by atoms with Gasteiger partial charge in [0.2, 0.25) is 11.7 Å². The van der Waals surface area contributed by atoms with Crippen LogP contribution in [0.2, 0.25) is 0 Å². The SMILES string of the molecule is C#[N+]N(C)C(=NC)c1cc2cnc(/C(C(=NC)OC)=C(/N)C3CC3)nc2n(CC(=C=C/C=C(\C=C)n2c(C(F)(F)F)cn2C(C)C)C=C)c1=O. The van der Waals surface area contributed by atoms with Gasteiger partial charge in [-0.15, -0.1) is 5.73 Å². The number of nitrogens with zero attached hydrogens (tertiary/aromatic N) is 9. The summed E-state index contributed by atoms with van der Waals surface area (Å²) in [6, 6.07) is 1.35. The first-order chi connectivity index (χ1) is 23.7. The Morgan fingerprint density at radius 1 is 1.28 bits per heavy atom. The fourth-order valence-corrected chi connectivity index (χ4v) is 5.28. The van der Waals surface area contributed by atoms with Crippen molar-refractivity contribution in [2.24, 2.45) is 21.6 Å². The quantitative estimate of drug-likeness (QED) is 0.0875. The zero-order chi connectivity index (χ0) is 36.9. The van der Waals surface area contributed by atoms with Crippen LogP contribution in [0.15, 0.2) is 87.7 Å². The van der Waals surface area contributed by atoms with Crippen LogP contribution in [0, 0.1) is 12.5 Å². The van der Waals surface area contributed by atoms with Crippen LogP contribution in [-0.2, 0) is 17.5 Å². The molecule has 262 valence electrons. The number of hydrogen-bond donors (Lipinski definition) is 1. The summed E-state index contributed by atoms with van der Waals surface area (Å²) in [4.78, 5) is 35.7. The van der Waals surface area contributed by atoms with Gasteiger partial charge >= 0.3 is 12.7 Å². The van der Waals surface area contributed by atoms with E-state index in [0.717, 1.165) is 23.7 Å². The van der Waals surface area contributed by atoms with Crippen LogP contribution in [0.3, 0.4) is 0 Å². The van der Waals surface area contributed by atoms with E-state index in [0.29, 0.717) is 22.2 Å². The molecule has 1 aliphatic carbocycles. The predicted molar refractivity (Wildman–Crippen MR) is 191 cm³/mol. The van der Waals surface area contributed by atoms with Gasteiger partial charge in [-0.3, -0.25) is 24.0 Å². The topological polar surface area (TPSA) is 125 Å². The van der Waals surface area contributed by atoms with E-state index in [1.807, 2.05) is 0 Å². The summed E-state index contributed by atoms with van der Waals surface area (Å²) in [5.74, 6) is 0.763. The highest BCUT2D eigenvalue weighted by Gasteiger charge is 2.39. The minimum Gasteiger partial charge on any atom is -0.481 e. The standard InChI is InChI=1S/C35H39F3N10O2/c1-10-22(13-12-14-25(11-2)48-27(35(36,37)38)20-47(48)21(3)4)19-46-31-24(17-26(34(46)49)32(40-5)45(8)42-7)18-43-30(44-31)28(33(41-6)50-9)29(39)23-15-16-23/h7,10-12,14,17-18,20-21,23H,1-2,15-16,19H2,3-6,8-9H3,(H-,39,40,41,43,44,49)/p+1/b25-14+. The first-order valence-electron chi connectivity index (χ1n) is 15.6. The molecule has 0 unspecified atom stereocenters. The zero-order valence-corrected chi connectivity index (χ0v) is 28.9. The number of aromatic nitrogens is 5. The van der Waals surface area contributed by atoms with E-state index < -0.39 is 17.4 Å². The number of rotatable bonds is 11. The molecule has 1 fully saturated rings. The Morgan fingerprint density at radius 3 is 2.50 bits per heavy atom. The summed E-state index contributed by atoms with van der Waals surface area (Å²) >= 11 is 0. The predicted octanol–water partition coefficient (Wildman–Crippen LogP) is 5.93. The van der Waals surface area contributed by atoms with Crippen molar-refractivity contribution >= 4 is 34.0 Å². The number of methoxy groups -OCH3 is 1. The van der Waals surface area contributed by atoms with Crippen LogP contribution in [-0.4, -0.2) is 68.9 Å². The number of nitrogens with two attached hydrogens (primary N) is 1. The number of ether oxygens (including phenoxy) is 1. The molecule has 3 aromatic rings. The lowest BCUT2D eigenvalue weighted by atomic mass is 10.1. The molecule has 0 atom stereocenters. The largest absolute Gasteiger partial charge is 0.481 e. The van der Waals surface area contributed by atoms with Crippen molar-refractivity contribution in [3.05, 3.63) is 105 Å². The van der Waals surface area contributed by atoms with E-state index in [-0.39, 0.29) is 53.0 Å². The van der Waals surface area contributed by atoms with Crippen molar-refractivity contribution in [3.63, 3.8) is 0 Å². The van der Waals surface area contributed by atoms with E-state index in [9.17, 15) is 18.0 Å². The highest BCUT2D eigenvalue weighted by molar-refractivity contribution is 6.19. The number of allylic oxidation sites excluding steroid dienone is 6. The van der Waals surface area contributed by atoms with E-state index >= 15 is 0 Å². The molecule has 50 heavy (non-hydrogen) atoms. The van der Waals surface area contributed by atoms with Gasteiger partial charge in [-0.25, -0.2) is 14.6 Å². The van der Waals surface area contributed by atoms with Crippen molar-refractivity contribution in [3.8, 4) is 6.57 Å². The van der Waals surface area contributed by atoms with Crippen molar-refractivity contribution in [1.82, 2.24) is 28.9 Å². The van der Waals surface area contributed by atoms with E-state index in [1.54, 1.807) is 40.2 Å². The third kappa shape index (κ3) is 7.40. The molecule has 3 aromatic heterocycles.